The van der Waals surface area contributed by atoms with E-state index in [-0.39, 0.29) is 17.7 Å². The van der Waals surface area contributed by atoms with Crippen molar-refractivity contribution >= 4 is 11.8 Å². The first-order valence-electron chi connectivity index (χ1n) is 6.00. The fourth-order valence-corrected chi connectivity index (χ4v) is 1.69. The summed E-state index contributed by atoms with van der Waals surface area (Å²) in [5.41, 5.74) is 11.6. The lowest BCUT2D eigenvalue weighted by molar-refractivity contribution is -0.141. The highest BCUT2D eigenvalue weighted by Gasteiger charge is 2.20. The van der Waals surface area contributed by atoms with Crippen molar-refractivity contribution < 1.29 is 14.7 Å². The number of carbonyl (C=O) groups excluding carboxylic acids is 1. The Hall–Kier alpha value is -0.940. The Bertz CT molecular complexity index is 268. The predicted molar refractivity (Wildman–Crippen MR) is 66.4 cm³/mol. The molecule has 0 radical (unpaired) electrons. The van der Waals surface area contributed by atoms with Crippen LogP contribution in [0.5, 0.6) is 0 Å². The van der Waals surface area contributed by atoms with Crippen LogP contribution in [0.15, 0.2) is 0 Å². The van der Waals surface area contributed by atoms with Gasteiger partial charge >= 0.3 is 5.97 Å². The maximum Gasteiger partial charge on any atom is 0.306 e. The molecular weight excluding hydrogens is 220 g/mol. The van der Waals surface area contributed by atoms with Gasteiger partial charge in [0.25, 0.3) is 0 Å². The van der Waals surface area contributed by atoms with Crippen LogP contribution >= 0.6 is 0 Å². The molecule has 5 N–H and O–H groups in total. The van der Waals surface area contributed by atoms with E-state index >= 15 is 0 Å². The Labute approximate surface area is 103 Å². The third-order valence-corrected chi connectivity index (χ3v) is 3.21. The summed E-state index contributed by atoms with van der Waals surface area (Å²) in [6.45, 7) is 5.07. The molecule has 0 spiro atoms. The van der Waals surface area contributed by atoms with Crippen molar-refractivity contribution in [3.05, 3.63) is 0 Å². The van der Waals surface area contributed by atoms with Crippen molar-refractivity contribution in [2.24, 2.45) is 23.3 Å². The minimum Gasteiger partial charge on any atom is -0.481 e. The fraction of sp³-hybridized carbons (Fsp3) is 0.833. The number of Topliss-reactive ketones (excluding diaryl/α,β-unsaturated/α-hetero) is 1. The van der Waals surface area contributed by atoms with Gasteiger partial charge in [0, 0.05) is 6.04 Å². The molecule has 2 unspecified atom stereocenters. The van der Waals surface area contributed by atoms with Crippen LogP contribution in [0, 0.1) is 11.8 Å². The highest BCUT2D eigenvalue weighted by molar-refractivity contribution is 5.81. The molecule has 17 heavy (non-hydrogen) atoms. The number of hydrogen-bond donors (Lipinski definition) is 3. The van der Waals surface area contributed by atoms with E-state index in [2.05, 4.69) is 0 Å². The molecule has 0 heterocycles. The Morgan fingerprint density at radius 1 is 1.18 bits per heavy atom. The molecule has 100 valence electrons. The van der Waals surface area contributed by atoms with Crippen LogP contribution in [0.1, 0.15) is 40.0 Å². The van der Waals surface area contributed by atoms with Crippen molar-refractivity contribution in [3.8, 4) is 0 Å². The molecule has 0 bridgehead atoms. The first-order chi connectivity index (χ1) is 7.75. The van der Waals surface area contributed by atoms with Crippen molar-refractivity contribution in [1.29, 1.82) is 0 Å². The van der Waals surface area contributed by atoms with Gasteiger partial charge in [0.05, 0.1) is 12.0 Å². The minimum atomic E-state index is -0.801. The molecule has 0 fully saturated rings. The van der Waals surface area contributed by atoms with Gasteiger partial charge in [-0.3, -0.25) is 9.59 Å². The van der Waals surface area contributed by atoms with Crippen molar-refractivity contribution in [3.63, 3.8) is 0 Å². The Kier molecular flexibility index (Phi) is 6.99. The average Bonchev–Trinajstić information content (AvgIpc) is 2.24. The quantitative estimate of drug-likeness (QED) is 0.584. The van der Waals surface area contributed by atoms with E-state index in [9.17, 15) is 9.59 Å². The van der Waals surface area contributed by atoms with E-state index in [0.29, 0.717) is 19.3 Å². The van der Waals surface area contributed by atoms with E-state index in [0.717, 1.165) is 0 Å². The van der Waals surface area contributed by atoms with Crippen LogP contribution in [0.25, 0.3) is 0 Å². The van der Waals surface area contributed by atoms with E-state index < -0.39 is 17.9 Å². The van der Waals surface area contributed by atoms with Crippen LogP contribution in [0.2, 0.25) is 0 Å². The number of aliphatic carboxylic acids is 1. The van der Waals surface area contributed by atoms with Crippen molar-refractivity contribution in [1.82, 2.24) is 0 Å². The Balaban J connectivity index is 4.01. The molecule has 0 saturated carbocycles. The highest BCUT2D eigenvalue weighted by Crippen LogP contribution is 2.17. The molecular formula is C12H24N2O3. The zero-order valence-electron chi connectivity index (χ0n) is 10.8. The summed E-state index contributed by atoms with van der Waals surface area (Å²) < 4.78 is 0. The molecule has 5 heteroatoms. The topological polar surface area (TPSA) is 106 Å². The van der Waals surface area contributed by atoms with Gasteiger partial charge in [0.1, 0.15) is 5.78 Å². The van der Waals surface area contributed by atoms with Crippen molar-refractivity contribution in [2.75, 3.05) is 0 Å². The van der Waals surface area contributed by atoms with E-state index in [1.54, 1.807) is 6.92 Å². The number of rotatable bonds is 8. The molecule has 0 aromatic rings. The monoisotopic (exact) mass is 244 g/mol. The summed E-state index contributed by atoms with van der Waals surface area (Å²) in [4.78, 5) is 21.7. The van der Waals surface area contributed by atoms with Gasteiger partial charge in [0.15, 0.2) is 0 Å². The van der Waals surface area contributed by atoms with Gasteiger partial charge in [-0.2, -0.15) is 0 Å². The molecule has 0 aliphatic carbocycles. The summed E-state index contributed by atoms with van der Waals surface area (Å²) in [5.74, 6) is -1.12. The van der Waals surface area contributed by atoms with Crippen molar-refractivity contribution in [2.45, 2.75) is 52.1 Å². The zero-order valence-corrected chi connectivity index (χ0v) is 10.8. The molecule has 0 aromatic carbocycles. The predicted octanol–water partition coefficient (Wildman–Crippen LogP) is 0.757. The second kappa shape index (κ2) is 7.40. The van der Waals surface area contributed by atoms with Crippen LogP contribution in [0.4, 0.5) is 0 Å². The highest BCUT2D eigenvalue weighted by atomic mass is 16.4. The maximum atomic E-state index is 10.9. The van der Waals surface area contributed by atoms with Gasteiger partial charge in [-0.15, -0.1) is 0 Å². The SMILES string of the molecule is CC(=O)[C@@H](N)CCC(N)C(C)C[C@H](C)C(=O)O. The third kappa shape index (κ3) is 6.38. The Morgan fingerprint density at radius 3 is 2.12 bits per heavy atom. The lowest BCUT2D eigenvalue weighted by Crippen LogP contribution is -2.35. The second-order valence-electron chi connectivity index (χ2n) is 4.91. The van der Waals surface area contributed by atoms with E-state index in [4.69, 9.17) is 16.6 Å². The summed E-state index contributed by atoms with van der Waals surface area (Å²) in [7, 11) is 0. The van der Waals surface area contributed by atoms with Gasteiger partial charge in [0.2, 0.25) is 0 Å². The fourth-order valence-electron chi connectivity index (χ4n) is 1.69. The van der Waals surface area contributed by atoms with Crippen LogP contribution in [-0.4, -0.2) is 28.9 Å². The minimum absolute atomic E-state index is 0.0382. The van der Waals surface area contributed by atoms with Gasteiger partial charge in [-0.25, -0.2) is 0 Å². The molecule has 4 atom stereocenters. The standard InChI is InChI=1S/C12H24N2O3/c1-7(6-8(2)12(16)17)10(13)4-5-11(14)9(3)15/h7-8,10-11H,4-6,13-14H2,1-3H3,(H,16,17)/t7?,8-,10?,11-/m0/s1. The number of hydrogen-bond acceptors (Lipinski definition) is 4. The first-order valence-corrected chi connectivity index (χ1v) is 6.00. The number of carboxylic acid groups (broad SMARTS) is 1. The van der Waals surface area contributed by atoms with Gasteiger partial charge in [-0.05, 0) is 32.1 Å². The molecule has 0 aliphatic rings. The first kappa shape index (κ1) is 16.1. The largest absolute Gasteiger partial charge is 0.481 e. The summed E-state index contributed by atoms with van der Waals surface area (Å²) in [6.07, 6.45) is 1.75. The number of carbonyl (C=O) groups is 2. The number of nitrogens with two attached hydrogens (primary N) is 2. The zero-order chi connectivity index (χ0) is 13.6. The number of carboxylic acids is 1. The summed E-state index contributed by atoms with van der Waals surface area (Å²) in [6, 6.07) is -0.563. The molecule has 0 amide bonds. The smallest absolute Gasteiger partial charge is 0.306 e. The molecule has 0 aliphatic heterocycles. The van der Waals surface area contributed by atoms with E-state index in [1.807, 2.05) is 6.92 Å². The van der Waals surface area contributed by atoms with Gasteiger partial charge in [-0.1, -0.05) is 13.8 Å². The Morgan fingerprint density at radius 2 is 1.71 bits per heavy atom. The number of ketones is 1. The maximum absolute atomic E-state index is 10.9. The molecule has 0 aromatic heterocycles. The normalized spacial score (nSPS) is 18.2. The van der Waals surface area contributed by atoms with Crippen LogP contribution < -0.4 is 11.5 Å². The molecule has 0 rings (SSSR count). The van der Waals surface area contributed by atoms with Crippen LogP contribution in [-0.2, 0) is 9.59 Å². The second-order valence-corrected chi connectivity index (χ2v) is 4.91. The lowest BCUT2D eigenvalue weighted by atomic mass is 9.88. The lowest BCUT2D eigenvalue weighted by Gasteiger charge is -2.22. The van der Waals surface area contributed by atoms with E-state index in [1.165, 1.54) is 6.92 Å². The average molecular weight is 244 g/mol. The third-order valence-electron chi connectivity index (χ3n) is 3.21. The molecule has 0 saturated heterocycles. The summed E-state index contributed by atoms with van der Waals surface area (Å²) in [5, 5.41) is 8.80. The molecule has 5 nitrogen and oxygen atoms in total. The van der Waals surface area contributed by atoms with Gasteiger partial charge < -0.3 is 16.6 Å². The van der Waals surface area contributed by atoms with Crippen LogP contribution in [0.3, 0.4) is 0 Å². The summed E-state index contributed by atoms with van der Waals surface area (Å²) >= 11 is 0.